The number of piperidine rings is 1. The number of rotatable bonds is 5. The maximum absolute atomic E-state index is 13.2. The van der Waals surface area contributed by atoms with Crippen molar-refractivity contribution in [2.24, 2.45) is 5.92 Å². The lowest BCUT2D eigenvalue weighted by atomic mass is 9.95. The summed E-state index contributed by atoms with van der Waals surface area (Å²) in [6, 6.07) is 11.2. The molecule has 2 heterocycles. The van der Waals surface area contributed by atoms with E-state index in [1.54, 1.807) is 10.9 Å². The van der Waals surface area contributed by atoms with Crippen LogP contribution in [0.2, 0.25) is 0 Å². The van der Waals surface area contributed by atoms with E-state index >= 15 is 0 Å². The van der Waals surface area contributed by atoms with E-state index in [0.29, 0.717) is 25.6 Å². The third-order valence-electron chi connectivity index (χ3n) is 4.70. The molecule has 1 aliphatic rings. The number of hydrogen-bond donors (Lipinski definition) is 1. The van der Waals surface area contributed by atoms with Gasteiger partial charge in [0.2, 0.25) is 5.91 Å². The van der Waals surface area contributed by atoms with Gasteiger partial charge < -0.3 is 10.2 Å². The zero-order valence-electron chi connectivity index (χ0n) is 14.5. The molecule has 1 saturated heterocycles. The number of aromatic nitrogens is 2. The quantitative estimate of drug-likeness (QED) is 0.903. The predicted molar refractivity (Wildman–Crippen MR) is 94.8 cm³/mol. The van der Waals surface area contributed by atoms with E-state index in [9.17, 15) is 9.59 Å². The molecule has 0 spiro atoms. The molecule has 6 heteroatoms. The van der Waals surface area contributed by atoms with E-state index in [4.69, 9.17) is 0 Å². The molecular formula is C19H24N4O2. The van der Waals surface area contributed by atoms with Crippen LogP contribution in [0.15, 0.2) is 48.8 Å². The third kappa shape index (κ3) is 4.26. The molecule has 6 nitrogen and oxygen atoms in total. The highest BCUT2D eigenvalue weighted by molar-refractivity contribution is 5.83. The Morgan fingerprint density at radius 2 is 1.92 bits per heavy atom. The number of carbonyl (C=O) groups is 2. The zero-order valence-corrected chi connectivity index (χ0v) is 14.5. The van der Waals surface area contributed by atoms with Gasteiger partial charge in [0, 0.05) is 39.0 Å². The van der Waals surface area contributed by atoms with Crippen molar-refractivity contribution in [3.8, 4) is 0 Å². The van der Waals surface area contributed by atoms with Gasteiger partial charge in [0.15, 0.2) is 6.04 Å². The standard InChI is InChI=1S/C19H24N4O2/c1-15(24)20-14-16-8-12-22(13-9-16)19(25)18(23-11-5-10-21-23)17-6-3-2-4-7-17/h2-7,10-11,16,18H,8-9,12-14H2,1H3,(H,20,24)/t18-/m1/s1. The van der Waals surface area contributed by atoms with Crippen LogP contribution in [0.5, 0.6) is 0 Å². The molecule has 0 aliphatic carbocycles. The van der Waals surface area contributed by atoms with Crippen molar-refractivity contribution < 1.29 is 9.59 Å². The molecule has 0 bridgehead atoms. The Kier molecular flexibility index (Phi) is 5.48. The molecule has 1 aromatic heterocycles. The average Bonchev–Trinajstić information content (AvgIpc) is 3.15. The molecule has 0 unspecified atom stereocenters. The summed E-state index contributed by atoms with van der Waals surface area (Å²) in [4.78, 5) is 26.1. The van der Waals surface area contributed by atoms with Crippen LogP contribution >= 0.6 is 0 Å². The molecule has 2 aromatic rings. The minimum atomic E-state index is -0.428. The molecule has 1 fully saturated rings. The molecule has 0 radical (unpaired) electrons. The van der Waals surface area contributed by atoms with Crippen LogP contribution in [0.4, 0.5) is 0 Å². The Bertz CT molecular complexity index is 691. The van der Waals surface area contributed by atoms with Gasteiger partial charge in [-0.05, 0) is 30.4 Å². The Morgan fingerprint density at radius 3 is 2.52 bits per heavy atom. The van der Waals surface area contributed by atoms with E-state index in [0.717, 1.165) is 18.4 Å². The highest BCUT2D eigenvalue weighted by Gasteiger charge is 2.30. The molecule has 1 aromatic carbocycles. The second-order valence-electron chi connectivity index (χ2n) is 6.51. The van der Waals surface area contributed by atoms with Crippen molar-refractivity contribution >= 4 is 11.8 Å². The number of likely N-dealkylation sites (tertiary alicyclic amines) is 1. The lowest BCUT2D eigenvalue weighted by Crippen LogP contribution is -2.44. The van der Waals surface area contributed by atoms with Gasteiger partial charge in [0.1, 0.15) is 0 Å². The first-order valence-corrected chi connectivity index (χ1v) is 8.72. The number of hydrogen-bond acceptors (Lipinski definition) is 3. The zero-order chi connectivity index (χ0) is 17.6. The largest absolute Gasteiger partial charge is 0.356 e. The van der Waals surface area contributed by atoms with E-state index in [2.05, 4.69) is 10.4 Å². The SMILES string of the molecule is CC(=O)NCC1CCN(C(=O)[C@@H](c2ccccc2)n2cccn2)CC1. The number of amides is 2. The van der Waals surface area contributed by atoms with E-state index in [1.807, 2.05) is 47.5 Å². The summed E-state index contributed by atoms with van der Waals surface area (Å²) in [5.74, 6) is 0.516. The van der Waals surface area contributed by atoms with Gasteiger partial charge in [-0.2, -0.15) is 5.10 Å². The van der Waals surface area contributed by atoms with Gasteiger partial charge in [0.25, 0.3) is 5.91 Å². The van der Waals surface area contributed by atoms with Gasteiger partial charge in [-0.3, -0.25) is 14.3 Å². The van der Waals surface area contributed by atoms with Crippen molar-refractivity contribution in [2.75, 3.05) is 19.6 Å². The molecule has 1 atom stereocenters. The van der Waals surface area contributed by atoms with E-state index in [-0.39, 0.29) is 11.8 Å². The van der Waals surface area contributed by atoms with Crippen molar-refractivity contribution in [1.82, 2.24) is 20.0 Å². The van der Waals surface area contributed by atoms with E-state index < -0.39 is 6.04 Å². The summed E-state index contributed by atoms with van der Waals surface area (Å²) >= 11 is 0. The van der Waals surface area contributed by atoms with Gasteiger partial charge >= 0.3 is 0 Å². The summed E-state index contributed by atoms with van der Waals surface area (Å²) in [5.41, 5.74) is 0.941. The fourth-order valence-corrected chi connectivity index (χ4v) is 3.30. The van der Waals surface area contributed by atoms with Crippen LogP contribution in [0, 0.1) is 5.92 Å². The summed E-state index contributed by atoms with van der Waals surface area (Å²) in [5, 5.41) is 7.17. The van der Waals surface area contributed by atoms with Gasteiger partial charge in [-0.1, -0.05) is 30.3 Å². The highest BCUT2D eigenvalue weighted by Crippen LogP contribution is 2.24. The summed E-state index contributed by atoms with van der Waals surface area (Å²) in [7, 11) is 0. The first-order valence-electron chi connectivity index (χ1n) is 8.72. The second-order valence-corrected chi connectivity index (χ2v) is 6.51. The summed E-state index contributed by atoms with van der Waals surface area (Å²) in [6.07, 6.45) is 5.35. The normalized spacial score (nSPS) is 16.4. The topological polar surface area (TPSA) is 67.2 Å². The highest BCUT2D eigenvalue weighted by atomic mass is 16.2. The Balaban J connectivity index is 1.69. The fourth-order valence-electron chi connectivity index (χ4n) is 3.30. The number of carbonyl (C=O) groups excluding carboxylic acids is 2. The first-order chi connectivity index (χ1) is 12.1. The van der Waals surface area contributed by atoms with Crippen LogP contribution in [0.25, 0.3) is 0 Å². The van der Waals surface area contributed by atoms with Crippen LogP contribution in [0.1, 0.15) is 31.4 Å². The molecule has 25 heavy (non-hydrogen) atoms. The lowest BCUT2D eigenvalue weighted by molar-refractivity contribution is -0.135. The third-order valence-corrected chi connectivity index (χ3v) is 4.70. The Morgan fingerprint density at radius 1 is 1.20 bits per heavy atom. The van der Waals surface area contributed by atoms with Crippen molar-refractivity contribution in [3.05, 3.63) is 54.4 Å². The molecule has 132 valence electrons. The Hall–Kier alpha value is -2.63. The van der Waals surface area contributed by atoms with Gasteiger partial charge in [0.05, 0.1) is 0 Å². The molecular weight excluding hydrogens is 316 g/mol. The van der Waals surface area contributed by atoms with Crippen molar-refractivity contribution in [1.29, 1.82) is 0 Å². The number of benzene rings is 1. The second kappa shape index (κ2) is 7.96. The minimum Gasteiger partial charge on any atom is -0.356 e. The van der Waals surface area contributed by atoms with Crippen molar-refractivity contribution in [3.63, 3.8) is 0 Å². The average molecular weight is 340 g/mol. The smallest absolute Gasteiger partial charge is 0.252 e. The van der Waals surface area contributed by atoms with Crippen molar-refractivity contribution in [2.45, 2.75) is 25.8 Å². The van der Waals surface area contributed by atoms with E-state index in [1.165, 1.54) is 6.92 Å². The Labute approximate surface area is 147 Å². The number of nitrogens with zero attached hydrogens (tertiary/aromatic N) is 3. The van der Waals surface area contributed by atoms with Gasteiger partial charge in [-0.25, -0.2) is 0 Å². The molecule has 1 aliphatic heterocycles. The fraction of sp³-hybridized carbons (Fsp3) is 0.421. The predicted octanol–water partition coefficient (Wildman–Crippen LogP) is 1.85. The first kappa shape index (κ1) is 17.2. The number of nitrogens with one attached hydrogen (secondary N) is 1. The maximum atomic E-state index is 13.2. The molecule has 1 N–H and O–H groups in total. The van der Waals surface area contributed by atoms with Crippen LogP contribution in [-0.2, 0) is 9.59 Å². The van der Waals surface area contributed by atoms with Crippen LogP contribution in [-0.4, -0.2) is 46.1 Å². The monoisotopic (exact) mass is 340 g/mol. The van der Waals surface area contributed by atoms with Gasteiger partial charge in [-0.15, -0.1) is 0 Å². The maximum Gasteiger partial charge on any atom is 0.252 e. The summed E-state index contributed by atoms with van der Waals surface area (Å²) < 4.78 is 1.72. The molecule has 3 rings (SSSR count). The molecule has 0 saturated carbocycles. The minimum absolute atomic E-state index is 0.00123. The van der Waals surface area contributed by atoms with Crippen LogP contribution in [0.3, 0.4) is 0 Å². The van der Waals surface area contributed by atoms with Crippen LogP contribution < -0.4 is 5.32 Å². The molecule has 2 amide bonds. The summed E-state index contributed by atoms with van der Waals surface area (Å²) in [6.45, 7) is 3.66. The lowest BCUT2D eigenvalue weighted by Gasteiger charge is -2.34.